The zero-order valence-electron chi connectivity index (χ0n) is 8.75. The van der Waals surface area contributed by atoms with Crippen LogP contribution in [0, 0.1) is 18.3 Å². The number of nitrogens with two attached hydrogens (primary N) is 1. The number of nitrogens with zero attached hydrogens (tertiary/aromatic N) is 1. The molecule has 2 N–H and O–H groups in total. The van der Waals surface area contributed by atoms with E-state index < -0.39 is 0 Å². The third kappa shape index (κ3) is 3.20. The minimum Gasteiger partial charge on any atom is -0.328 e. The van der Waals surface area contributed by atoms with Crippen LogP contribution in [0.4, 0.5) is 0 Å². The molecule has 0 aliphatic rings. The molecule has 0 amide bonds. The lowest BCUT2D eigenvalue weighted by atomic mass is 10.0. The van der Waals surface area contributed by atoms with Crippen LogP contribution in [0.5, 0.6) is 0 Å². The third-order valence-electron chi connectivity index (χ3n) is 2.15. The van der Waals surface area contributed by atoms with Crippen LogP contribution < -0.4 is 5.73 Å². The van der Waals surface area contributed by atoms with Gasteiger partial charge in [-0.1, -0.05) is 6.07 Å². The molecule has 1 aromatic rings. The molecule has 0 aliphatic heterocycles. The molecular weight excluding hydrogens is 172 g/mol. The quantitative estimate of drug-likeness (QED) is 0.790. The molecule has 0 radical (unpaired) electrons. The fourth-order valence-corrected chi connectivity index (χ4v) is 1.47. The van der Waals surface area contributed by atoms with Crippen molar-refractivity contribution in [3.8, 4) is 6.07 Å². The molecule has 1 aromatic carbocycles. The van der Waals surface area contributed by atoms with E-state index in [1.54, 1.807) is 0 Å². The van der Waals surface area contributed by atoms with E-state index >= 15 is 0 Å². The van der Waals surface area contributed by atoms with Crippen LogP contribution in [-0.4, -0.2) is 6.04 Å². The van der Waals surface area contributed by atoms with Gasteiger partial charge >= 0.3 is 0 Å². The van der Waals surface area contributed by atoms with E-state index in [9.17, 15) is 0 Å². The van der Waals surface area contributed by atoms with Crippen LogP contribution >= 0.6 is 0 Å². The first-order valence-corrected chi connectivity index (χ1v) is 4.88. The molecule has 2 heteroatoms. The standard InChI is InChI=1S/C12H16N2/c1-9-5-11(4-3-10(2)14)7-12(6-9)8-13/h5-7,10H,3-4,14H2,1-2H3/t10-/m0/s1. The van der Waals surface area contributed by atoms with Gasteiger partial charge in [-0.15, -0.1) is 0 Å². The van der Waals surface area contributed by atoms with Gasteiger partial charge in [-0.25, -0.2) is 0 Å². The zero-order chi connectivity index (χ0) is 10.6. The SMILES string of the molecule is Cc1cc(C#N)cc(CC[C@H](C)N)c1. The van der Waals surface area contributed by atoms with Crippen LogP contribution in [-0.2, 0) is 6.42 Å². The summed E-state index contributed by atoms with van der Waals surface area (Å²) in [4.78, 5) is 0. The van der Waals surface area contributed by atoms with Gasteiger partial charge in [0.25, 0.3) is 0 Å². The van der Waals surface area contributed by atoms with Gasteiger partial charge < -0.3 is 5.73 Å². The molecule has 0 spiro atoms. The molecule has 74 valence electrons. The Labute approximate surface area is 85.4 Å². The van der Waals surface area contributed by atoms with Gasteiger partial charge in [-0.05, 0) is 49.9 Å². The molecule has 0 fully saturated rings. The summed E-state index contributed by atoms with van der Waals surface area (Å²) < 4.78 is 0. The Morgan fingerprint density at radius 1 is 1.43 bits per heavy atom. The lowest BCUT2D eigenvalue weighted by molar-refractivity contribution is 0.666. The Morgan fingerprint density at radius 3 is 2.71 bits per heavy atom. The number of nitriles is 1. The summed E-state index contributed by atoms with van der Waals surface area (Å²) in [6, 6.07) is 8.34. The summed E-state index contributed by atoms with van der Waals surface area (Å²) in [5, 5.41) is 8.79. The highest BCUT2D eigenvalue weighted by molar-refractivity contribution is 5.37. The highest BCUT2D eigenvalue weighted by Gasteiger charge is 2.00. The Kier molecular flexibility index (Phi) is 3.67. The van der Waals surface area contributed by atoms with Gasteiger partial charge in [0.15, 0.2) is 0 Å². The largest absolute Gasteiger partial charge is 0.328 e. The molecule has 0 heterocycles. The van der Waals surface area contributed by atoms with Crippen molar-refractivity contribution < 1.29 is 0 Å². The van der Waals surface area contributed by atoms with Gasteiger partial charge in [-0.2, -0.15) is 5.26 Å². The van der Waals surface area contributed by atoms with Crippen molar-refractivity contribution in [1.29, 1.82) is 5.26 Å². The Hall–Kier alpha value is -1.33. The van der Waals surface area contributed by atoms with Crippen molar-refractivity contribution in [3.63, 3.8) is 0 Å². The van der Waals surface area contributed by atoms with Gasteiger partial charge in [0, 0.05) is 6.04 Å². The van der Waals surface area contributed by atoms with Gasteiger partial charge in [-0.3, -0.25) is 0 Å². The minimum atomic E-state index is 0.223. The second kappa shape index (κ2) is 4.78. The summed E-state index contributed by atoms with van der Waals surface area (Å²) in [5.41, 5.74) is 8.77. The highest BCUT2D eigenvalue weighted by atomic mass is 14.6. The number of hydrogen-bond acceptors (Lipinski definition) is 2. The van der Waals surface area contributed by atoms with E-state index in [0.29, 0.717) is 0 Å². The van der Waals surface area contributed by atoms with Crippen molar-refractivity contribution in [2.24, 2.45) is 5.73 Å². The minimum absolute atomic E-state index is 0.223. The Bertz CT molecular complexity index is 348. The first-order chi connectivity index (χ1) is 6.61. The maximum atomic E-state index is 8.79. The van der Waals surface area contributed by atoms with E-state index in [1.165, 1.54) is 5.56 Å². The molecule has 1 rings (SSSR count). The first-order valence-electron chi connectivity index (χ1n) is 4.88. The van der Waals surface area contributed by atoms with Crippen molar-refractivity contribution in [3.05, 3.63) is 34.9 Å². The van der Waals surface area contributed by atoms with E-state index in [1.807, 2.05) is 26.0 Å². The average Bonchev–Trinajstić information content (AvgIpc) is 2.14. The Balaban J connectivity index is 2.78. The van der Waals surface area contributed by atoms with Crippen LogP contribution in [0.15, 0.2) is 18.2 Å². The second-order valence-corrected chi connectivity index (χ2v) is 3.84. The van der Waals surface area contributed by atoms with Crippen molar-refractivity contribution in [2.45, 2.75) is 32.7 Å². The molecule has 1 atom stereocenters. The van der Waals surface area contributed by atoms with E-state index in [0.717, 1.165) is 24.0 Å². The van der Waals surface area contributed by atoms with Crippen LogP contribution in [0.2, 0.25) is 0 Å². The maximum absolute atomic E-state index is 8.79. The van der Waals surface area contributed by atoms with Crippen molar-refractivity contribution in [2.75, 3.05) is 0 Å². The predicted molar refractivity (Wildman–Crippen MR) is 57.9 cm³/mol. The van der Waals surface area contributed by atoms with Crippen LogP contribution in [0.3, 0.4) is 0 Å². The lowest BCUT2D eigenvalue weighted by Crippen LogP contribution is -2.15. The molecule has 2 nitrogen and oxygen atoms in total. The molecule has 0 aliphatic carbocycles. The van der Waals surface area contributed by atoms with Crippen LogP contribution in [0.1, 0.15) is 30.0 Å². The number of hydrogen-bond donors (Lipinski definition) is 1. The fraction of sp³-hybridized carbons (Fsp3) is 0.417. The smallest absolute Gasteiger partial charge is 0.0991 e. The predicted octanol–water partition coefficient (Wildman–Crippen LogP) is 2.15. The van der Waals surface area contributed by atoms with E-state index in [4.69, 9.17) is 11.0 Å². The molecule has 14 heavy (non-hydrogen) atoms. The number of benzene rings is 1. The number of aryl methyl sites for hydroxylation is 2. The monoisotopic (exact) mass is 188 g/mol. The number of rotatable bonds is 3. The zero-order valence-corrected chi connectivity index (χ0v) is 8.75. The van der Waals surface area contributed by atoms with Gasteiger partial charge in [0.2, 0.25) is 0 Å². The maximum Gasteiger partial charge on any atom is 0.0991 e. The topological polar surface area (TPSA) is 49.8 Å². The van der Waals surface area contributed by atoms with Crippen molar-refractivity contribution in [1.82, 2.24) is 0 Å². The summed E-state index contributed by atoms with van der Waals surface area (Å²) >= 11 is 0. The summed E-state index contributed by atoms with van der Waals surface area (Å²) in [6.45, 7) is 4.01. The van der Waals surface area contributed by atoms with E-state index in [-0.39, 0.29) is 6.04 Å². The second-order valence-electron chi connectivity index (χ2n) is 3.84. The van der Waals surface area contributed by atoms with Gasteiger partial charge in [0.1, 0.15) is 0 Å². The third-order valence-corrected chi connectivity index (χ3v) is 2.15. The summed E-state index contributed by atoms with van der Waals surface area (Å²) in [7, 11) is 0. The molecule has 0 saturated carbocycles. The normalized spacial score (nSPS) is 12.1. The molecule has 0 aromatic heterocycles. The molecule has 0 saturated heterocycles. The molecular formula is C12H16N2. The van der Waals surface area contributed by atoms with Crippen LogP contribution in [0.25, 0.3) is 0 Å². The fourth-order valence-electron chi connectivity index (χ4n) is 1.47. The summed E-state index contributed by atoms with van der Waals surface area (Å²) in [6.07, 6.45) is 1.92. The van der Waals surface area contributed by atoms with E-state index in [2.05, 4.69) is 12.1 Å². The molecule has 0 unspecified atom stereocenters. The van der Waals surface area contributed by atoms with Crippen molar-refractivity contribution >= 4 is 0 Å². The Morgan fingerprint density at radius 2 is 2.14 bits per heavy atom. The summed E-state index contributed by atoms with van der Waals surface area (Å²) in [5.74, 6) is 0. The van der Waals surface area contributed by atoms with Gasteiger partial charge in [0.05, 0.1) is 11.6 Å². The average molecular weight is 188 g/mol. The first kappa shape index (κ1) is 10.7. The highest BCUT2D eigenvalue weighted by Crippen LogP contribution is 2.11. The molecule has 0 bridgehead atoms. The lowest BCUT2D eigenvalue weighted by Gasteiger charge is -2.06.